The van der Waals surface area contributed by atoms with Gasteiger partial charge in [-0.2, -0.15) is 5.10 Å². The SMILES string of the molecule is O=Nc1cn(C2CNC2)nc1C(F)F. The van der Waals surface area contributed by atoms with Crippen LogP contribution < -0.4 is 5.32 Å². The largest absolute Gasteiger partial charge is 0.312 e. The molecular weight excluding hydrogens is 194 g/mol. The molecule has 1 aromatic rings. The van der Waals surface area contributed by atoms with Gasteiger partial charge in [0.05, 0.1) is 12.2 Å². The van der Waals surface area contributed by atoms with Crippen molar-refractivity contribution in [3.63, 3.8) is 0 Å². The zero-order valence-corrected chi connectivity index (χ0v) is 7.15. The van der Waals surface area contributed by atoms with Gasteiger partial charge in [-0.15, -0.1) is 4.91 Å². The van der Waals surface area contributed by atoms with Crippen LogP contribution in [-0.4, -0.2) is 22.9 Å². The molecule has 0 atom stereocenters. The highest BCUT2D eigenvalue weighted by atomic mass is 19.3. The number of halogens is 2. The van der Waals surface area contributed by atoms with Gasteiger partial charge < -0.3 is 5.32 Å². The minimum absolute atomic E-state index is 0.0583. The molecule has 0 aromatic carbocycles. The molecule has 1 aromatic heterocycles. The lowest BCUT2D eigenvalue weighted by molar-refractivity contribution is 0.144. The fraction of sp³-hybridized carbons (Fsp3) is 0.571. The Morgan fingerprint density at radius 2 is 2.36 bits per heavy atom. The number of hydrogen-bond donors (Lipinski definition) is 1. The summed E-state index contributed by atoms with van der Waals surface area (Å²) in [4.78, 5) is 10.2. The number of nitroso groups, excluding NO2 is 1. The summed E-state index contributed by atoms with van der Waals surface area (Å²) in [5.74, 6) is 0. The van der Waals surface area contributed by atoms with Crippen LogP contribution in [0.1, 0.15) is 18.2 Å². The Bertz CT molecular complexity index is 347. The van der Waals surface area contributed by atoms with Crippen LogP contribution in [0.2, 0.25) is 0 Å². The van der Waals surface area contributed by atoms with Crippen molar-refractivity contribution in [2.45, 2.75) is 12.5 Å². The summed E-state index contributed by atoms with van der Waals surface area (Å²) in [6.07, 6.45) is -1.49. The van der Waals surface area contributed by atoms with E-state index in [1.165, 1.54) is 10.9 Å². The van der Waals surface area contributed by atoms with Crippen LogP contribution in [0, 0.1) is 4.91 Å². The molecule has 1 aliphatic rings. The molecule has 1 saturated heterocycles. The quantitative estimate of drug-likeness (QED) is 0.753. The third-order valence-corrected chi connectivity index (χ3v) is 2.18. The third kappa shape index (κ3) is 1.39. The highest BCUT2D eigenvalue weighted by Gasteiger charge is 2.25. The molecular formula is C7H8F2N4O. The van der Waals surface area contributed by atoms with Gasteiger partial charge in [0.1, 0.15) is 0 Å². The van der Waals surface area contributed by atoms with Crippen molar-refractivity contribution in [2.24, 2.45) is 5.18 Å². The summed E-state index contributed by atoms with van der Waals surface area (Å²) in [6, 6.07) is 0.0583. The molecule has 0 bridgehead atoms. The van der Waals surface area contributed by atoms with Gasteiger partial charge in [0.25, 0.3) is 6.43 Å². The summed E-state index contributed by atoms with van der Waals surface area (Å²) in [5, 5.41) is 9.13. The highest BCUT2D eigenvalue weighted by molar-refractivity contribution is 5.40. The average molecular weight is 202 g/mol. The van der Waals surface area contributed by atoms with E-state index in [-0.39, 0.29) is 11.7 Å². The molecule has 1 N–H and O–H groups in total. The minimum Gasteiger partial charge on any atom is -0.312 e. The molecule has 76 valence electrons. The van der Waals surface area contributed by atoms with Gasteiger partial charge in [0.15, 0.2) is 11.4 Å². The number of aromatic nitrogens is 2. The Morgan fingerprint density at radius 1 is 1.64 bits per heavy atom. The maximum Gasteiger partial charge on any atom is 0.284 e. The first-order chi connectivity index (χ1) is 6.72. The summed E-state index contributed by atoms with van der Waals surface area (Å²) in [7, 11) is 0. The van der Waals surface area contributed by atoms with Gasteiger partial charge in [-0.1, -0.05) is 0 Å². The third-order valence-electron chi connectivity index (χ3n) is 2.18. The van der Waals surface area contributed by atoms with E-state index in [0.717, 1.165) is 0 Å². The smallest absolute Gasteiger partial charge is 0.284 e. The summed E-state index contributed by atoms with van der Waals surface area (Å²) >= 11 is 0. The molecule has 0 radical (unpaired) electrons. The van der Waals surface area contributed by atoms with Crippen molar-refractivity contribution in [1.29, 1.82) is 0 Å². The second-order valence-corrected chi connectivity index (χ2v) is 3.08. The average Bonchev–Trinajstić information content (AvgIpc) is 2.45. The van der Waals surface area contributed by atoms with E-state index in [0.29, 0.717) is 13.1 Å². The number of rotatable bonds is 3. The number of alkyl halides is 2. The van der Waals surface area contributed by atoms with Gasteiger partial charge in [-0.05, 0) is 5.18 Å². The van der Waals surface area contributed by atoms with E-state index in [9.17, 15) is 13.7 Å². The van der Waals surface area contributed by atoms with Crippen molar-refractivity contribution in [3.05, 3.63) is 16.8 Å². The van der Waals surface area contributed by atoms with E-state index in [4.69, 9.17) is 0 Å². The molecule has 0 unspecified atom stereocenters. The van der Waals surface area contributed by atoms with E-state index < -0.39 is 12.1 Å². The van der Waals surface area contributed by atoms with Crippen LogP contribution in [0.15, 0.2) is 11.4 Å². The second kappa shape index (κ2) is 3.41. The van der Waals surface area contributed by atoms with E-state index in [2.05, 4.69) is 15.6 Å². The molecule has 1 fully saturated rings. The van der Waals surface area contributed by atoms with E-state index >= 15 is 0 Å². The van der Waals surface area contributed by atoms with Crippen LogP contribution in [0.3, 0.4) is 0 Å². The lowest BCUT2D eigenvalue weighted by Gasteiger charge is -2.27. The number of hydrogen-bond acceptors (Lipinski definition) is 4. The van der Waals surface area contributed by atoms with Crippen molar-refractivity contribution in [3.8, 4) is 0 Å². The maximum absolute atomic E-state index is 12.3. The lowest BCUT2D eigenvalue weighted by atomic mass is 10.2. The van der Waals surface area contributed by atoms with Gasteiger partial charge in [0, 0.05) is 13.1 Å². The summed E-state index contributed by atoms with van der Waals surface area (Å²) in [6.45, 7) is 1.37. The predicted molar refractivity (Wildman–Crippen MR) is 44.5 cm³/mol. The zero-order valence-electron chi connectivity index (χ0n) is 7.15. The van der Waals surface area contributed by atoms with Gasteiger partial charge in [-0.25, -0.2) is 8.78 Å². The molecule has 0 amide bonds. The Morgan fingerprint density at radius 3 is 2.71 bits per heavy atom. The molecule has 0 aliphatic carbocycles. The molecule has 0 spiro atoms. The monoisotopic (exact) mass is 202 g/mol. The lowest BCUT2D eigenvalue weighted by Crippen LogP contribution is -2.43. The van der Waals surface area contributed by atoms with Crippen LogP contribution >= 0.6 is 0 Å². The summed E-state index contributed by atoms with van der Waals surface area (Å²) < 4.78 is 26.0. The first-order valence-electron chi connectivity index (χ1n) is 4.13. The Balaban J connectivity index is 2.30. The van der Waals surface area contributed by atoms with Gasteiger partial charge >= 0.3 is 0 Å². The predicted octanol–water partition coefficient (Wildman–Crippen LogP) is 1.36. The van der Waals surface area contributed by atoms with E-state index in [1.807, 2.05) is 0 Å². The molecule has 14 heavy (non-hydrogen) atoms. The summed E-state index contributed by atoms with van der Waals surface area (Å²) in [5.41, 5.74) is -0.807. The first-order valence-corrected chi connectivity index (χ1v) is 4.13. The van der Waals surface area contributed by atoms with Crippen LogP contribution in [-0.2, 0) is 0 Å². The van der Waals surface area contributed by atoms with Crippen LogP contribution in [0.25, 0.3) is 0 Å². The fourth-order valence-corrected chi connectivity index (χ4v) is 1.27. The fourth-order valence-electron chi connectivity index (χ4n) is 1.27. The van der Waals surface area contributed by atoms with E-state index in [1.54, 1.807) is 0 Å². The minimum atomic E-state index is -2.75. The standard InChI is InChI=1S/C7H8F2N4O/c8-7(9)6-5(12-14)3-13(11-6)4-1-10-2-4/h3-4,7,10H,1-2H2. The maximum atomic E-state index is 12.3. The first kappa shape index (κ1) is 9.20. The molecule has 7 heteroatoms. The highest BCUT2D eigenvalue weighted by Crippen LogP contribution is 2.29. The van der Waals surface area contributed by atoms with Crippen LogP contribution in [0.4, 0.5) is 14.5 Å². The number of nitrogens with zero attached hydrogens (tertiary/aromatic N) is 3. The van der Waals surface area contributed by atoms with Crippen molar-refractivity contribution in [2.75, 3.05) is 13.1 Å². The van der Waals surface area contributed by atoms with Crippen molar-refractivity contribution >= 4 is 5.69 Å². The van der Waals surface area contributed by atoms with Gasteiger partial charge in [-0.3, -0.25) is 4.68 Å². The second-order valence-electron chi connectivity index (χ2n) is 3.08. The van der Waals surface area contributed by atoms with Crippen LogP contribution in [0.5, 0.6) is 0 Å². The van der Waals surface area contributed by atoms with Crippen molar-refractivity contribution < 1.29 is 8.78 Å². The van der Waals surface area contributed by atoms with Gasteiger partial charge in [0.2, 0.25) is 0 Å². The molecule has 2 heterocycles. The topological polar surface area (TPSA) is 59.3 Å². The molecule has 2 rings (SSSR count). The molecule has 0 saturated carbocycles. The molecule has 5 nitrogen and oxygen atoms in total. The Labute approximate surface area is 78.1 Å². The zero-order chi connectivity index (χ0) is 10.1. The normalized spacial score (nSPS) is 17.1. The Kier molecular flexibility index (Phi) is 2.24. The Hall–Kier alpha value is -1.37. The van der Waals surface area contributed by atoms with Crippen molar-refractivity contribution in [1.82, 2.24) is 15.1 Å². The number of nitrogens with one attached hydrogen (secondary N) is 1. The molecule has 1 aliphatic heterocycles.